The van der Waals surface area contributed by atoms with Crippen molar-refractivity contribution in [1.29, 1.82) is 0 Å². The van der Waals surface area contributed by atoms with Crippen LogP contribution in [0.25, 0.3) is 0 Å². The Hall–Kier alpha value is -2.51. The Morgan fingerprint density at radius 3 is 2.38 bits per heavy atom. The van der Waals surface area contributed by atoms with Crippen molar-refractivity contribution in [3.05, 3.63) is 0 Å². The van der Waals surface area contributed by atoms with E-state index < -0.39 is 41.7 Å². The summed E-state index contributed by atoms with van der Waals surface area (Å²) in [5.41, 5.74) is -0.679. The number of ether oxygens (including phenoxy) is 4. The molecule has 0 aromatic carbocycles. The van der Waals surface area contributed by atoms with Gasteiger partial charge in [-0.1, -0.05) is 0 Å². The molecule has 1 fully saturated rings. The summed E-state index contributed by atoms with van der Waals surface area (Å²) in [5.74, 6) is -1.04. The van der Waals surface area contributed by atoms with Crippen LogP contribution in [0.4, 0.5) is 5.82 Å². The van der Waals surface area contributed by atoms with Gasteiger partial charge in [-0.3, -0.25) is 9.59 Å². The fourth-order valence-electron chi connectivity index (χ4n) is 3.21. The van der Waals surface area contributed by atoms with Crippen LogP contribution in [-0.2, 0) is 28.6 Å². The van der Waals surface area contributed by atoms with Crippen LogP contribution in [0, 0.1) is 0 Å². The molecular formula is C21H34N4O8S. The zero-order valence-electron chi connectivity index (χ0n) is 20.5. The lowest BCUT2D eigenvalue weighted by molar-refractivity contribution is -0.174. The lowest BCUT2D eigenvalue weighted by atomic mass is 10.0. The highest BCUT2D eigenvalue weighted by atomic mass is 32.1. The van der Waals surface area contributed by atoms with Crippen molar-refractivity contribution in [2.75, 3.05) is 44.4 Å². The lowest BCUT2D eigenvalue weighted by Crippen LogP contribution is -2.53. The van der Waals surface area contributed by atoms with Gasteiger partial charge in [-0.25, -0.2) is 4.79 Å². The molecular weight excluding hydrogens is 468 g/mol. The van der Waals surface area contributed by atoms with E-state index >= 15 is 0 Å². The topological polar surface area (TPSA) is 141 Å². The average Bonchev–Trinajstić information content (AvgIpc) is 3.23. The molecule has 1 N–H and O–H groups in total. The molecule has 3 atom stereocenters. The van der Waals surface area contributed by atoms with E-state index in [4.69, 9.17) is 18.9 Å². The zero-order chi connectivity index (χ0) is 25.5. The number of β-amino-alcohol motifs (C(OH)–C–C–N with tert-alkyl or cyclic N) is 1. The number of rotatable bonds is 10. The van der Waals surface area contributed by atoms with Crippen LogP contribution in [0.5, 0.6) is 5.88 Å². The monoisotopic (exact) mass is 502 g/mol. The minimum Gasteiger partial charge on any atom is -0.472 e. The summed E-state index contributed by atoms with van der Waals surface area (Å²) >= 11 is 1.02. The highest BCUT2D eigenvalue weighted by molar-refractivity contribution is 6.99. The number of esters is 2. The first-order valence-electron chi connectivity index (χ1n) is 11.1. The number of aliphatic hydroxyl groups is 1. The fraction of sp³-hybridized carbons (Fsp3) is 0.762. The predicted molar refractivity (Wildman–Crippen MR) is 123 cm³/mol. The molecule has 0 bridgehead atoms. The van der Waals surface area contributed by atoms with Gasteiger partial charge in [0.05, 0.1) is 31.5 Å². The van der Waals surface area contributed by atoms with Gasteiger partial charge in [-0.15, -0.1) is 4.37 Å². The molecule has 0 saturated carbocycles. The smallest absolute Gasteiger partial charge is 0.347 e. The first-order valence-corrected chi connectivity index (χ1v) is 11.8. The van der Waals surface area contributed by atoms with E-state index in [-0.39, 0.29) is 13.2 Å². The molecule has 34 heavy (non-hydrogen) atoms. The third-order valence-corrected chi connectivity index (χ3v) is 5.45. The van der Waals surface area contributed by atoms with Crippen molar-refractivity contribution in [3.8, 4) is 5.88 Å². The maximum Gasteiger partial charge on any atom is 0.347 e. The molecule has 0 aliphatic carbocycles. The molecule has 13 heteroatoms. The Bertz CT molecular complexity index is 837. The van der Waals surface area contributed by atoms with E-state index in [2.05, 4.69) is 8.75 Å². The summed E-state index contributed by atoms with van der Waals surface area (Å²) in [7, 11) is 0. The van der Waals surface area contributed by atoms with Crippen molar-refractivity contribution in [2.24, 2.45) is 0 Å². The number of aliphatic hydroxyl groups excluding tert-OH is 1. The van der Waals surface area contributed by atoms with Crippen molar-refractivity contribution >= 4 is 35.4 Å². The number of morpholine rings is 1. The van der Waals surface area contributed by atoms with Crippen molar-refractivity contribution in [3.63, 3.8) is 0 Å². The highest BCUT2D eigenvalue weighted by Gasteiger charge is 2.34. The Morgan fingerprint density at radius 1 is 1.15 bits per heavy atom. The summed E-state index contributed by atoms with van der Waals surface area (Å²) in [6.07, 6.45) is -3.32. The van der Waals surface area contributed by atoms with Gasteiger partial charge in [-0.2, -0.15) is 4.37 Å². The maximum atomic E-state index is 13.0. The highest BCUT2D eigenvalue weighted by Crippen LogP contribution is 2.26. The molecule has 192 valence electrons. The molecule has 0 radical (unpaired) electrons. The second kappa shape index (κ2) is 12.3. The van der Waals surface area contributed by atoms with E-state index in [0.717, 1.165) is 11.7 Å². The lowest BCUT2D eigenvalue weighted by Gasteiger charge is -2.38. The number of hydrogen-bond acceptors (Lipinski definition) is 12. The molecule has 1 aromatic rings. The quantitative estimate of drug-likeness (QED) is 0.450. The van der Waals surface area contributed by atoms with Crippen LogP contribution in [0.2, 0.25) is 0 Å². The van der Waals surface area contributed by atoms with E-state index in [1.807, 2.05) is 4.90 Å². The first kappa shape index (κ1) is 27.7. The molecule has 2 heterocycles. The van der Waals surface area contributed by atoms with Crippen LogP contribution >= 0.6 is 11.7 Å². The summed E-state index contributed by atoms with van der Waals surface area (Å²) in [6, 6.07) is 0. The van der Waals surface area contributed by atoms with Gasteiger partial charge in [-0.05, 0) is 34.6 Å². The third-order valence-electron chi connectivity index (χ3n) is 4.95. The SMILES string of the molecule is CC(=O)O[C@@H](C)C(=O)O[C@@H](C)C(=O)N(C[C@H](O)COc1nsnc1N1CCOCC1)C(C)(C)C. The molecule has 0 spiro atoms. The number of nitrogens with zero attached hydrogens (tertiary/aromatic N) is 4. The Kier molecular flexibility index (Phi) is 10.0. The molecule has 1 aromatic heterocycles. The molecule has 1 saturated heterocycles. The molecule has 0 unspecified atom stereocenters. The molecule has 1 aliphatic rings. The summed E-state index contributed by atoms with van der Waals surface area (Å²) in [4.78, 5) is 39.6. The van der Waals surface area contributed by atoms with Gasteiger partial charge in [0.1, 0.15) is 12.7 Å². The standard InChI is InChI=1S/C21H34N4O8S/c1-13(33-20(29)14(2)32-15(3)26)19(28)25(21(4,5)6)11-16(27)12-31-18-17(22-34-23-18)24-7-9-30-10-8-24/h13-14,16,27H,7-12H2,1-6H3/t13-,14-,16-/m0/s1. The Labute approximate surface area is 203 Å². The van der Waals surface area contributed by atoms with Crippen LogP contribution < -0.4 is 9.64 Å². The number of aromatic nitrogens is 2. The fourth-order valence-corrected chi connectivity index (χ4v) is 3.73. The number of hydrogen-bond donors (Lipinski definition) is 1. The van der Waals surface area contributed by atoms with E-state index in [0.29, 0.717) is 38.0 Å². The minimum absolute atomic E-state index is 0.0613. The number of anilines is 1. The third kappa shape index (κ3) is 8.06. The summed E-state index contributed by atoms with van der Waals surface area (Å²) < 4.78 is 29.5. The normalized spacial score (nSPS) is 16.9. The van der Waals surface area contributed by atoms with Crippen molar-refractivity contribution < 1.29 is 38.4 Å². The Balaban J connectivity index is 1.96. The van der Waals surface area contributed by atoms with Gasteiger partial charge < -0.3 is 33.9 Å². The first-order chi connectivity index (χ1) is 15.9. The van der Waals surface area contributed by atoms with E-state index in [1.54, 1.807) is 20.8 Å². The van der Waals surface area contributed by atoms with Gasteiger partial charge in [0.15, 0.2) is 12.2 Å². The predicted octanol–water partition coefficient (Wildman–Crippen LogP) is 0.625. The summed E-state index contributed by atoms with van der Waals surface area (Å²) in [5, 5.41) is 10.6. The number of carbonyl (C=O) groups is 3. The average molecular weight is 503 g/mol. The summed E-state index contributed by atoms with van der Waals surface area (Å²) in [6.45, 7) is 11.7. The van der Waals surface area contributed by atoms with Crippen LogP contribution in [-0.4, -0.2) is 99.9 Å². The Morgan fingerprint density at radius 2 is 1.79 bits per heavy atom. The molecule has 2 rings (SSSR count). The van der Waals surface area contributed by atoms with E-state index in [9.17, 15) is 19.5 Å². The zero-order valence-corrected chi connectivity index (χ0v) is 21.3. The van der Waals surface area contributed by atoms with Gasteiger partial charge >= 0.3 is 11.9 Å². The van der Waals surface area contributed by atoms with Crippen molar-refractivity contribution in [1.82, 2.24) is 13.6 Å². The maximum absolute atomic E-state index is 13.0. The van der Waals surface area contributed by atoms with Crippen LogP contribution in [0.1, 0.15) is 41.5 Å². The van der Waals surface area contributed by atoms with Gasteiger partial charge in [0.25, 0.3) is 11.8 Å². The minimum atomic E-state index is -1.14. The second-order valence-corrected chi connectivity index (χ2v) is 9.44. The largest absolute Gasteiger partial charge is 0.472 e. The molecule has 1 amide bonds. The molecule has 1 aliphatic heterocycles. The van der Waals surface area contributed by atoms with Crippen molar-refractivity contribution in [2.45, 2.75) is 65.4 Å². The van der Waals surface area contributed by atoms with Gasteiger partial charge in [0, 0.05) is 25.6 Å². The second-order valence-electron chi connectivity index (χ2n) is 8.91. The van der Waals surface area contributed by atoms with Crippen LogP contribution in [0.15, 0.2) is 0 Å². The van der Waals surface area contributed by atoms with Gasteiger partial charge in [0.2, 0.25) is 5.82 Å². The van der Waals surface area contributed by atoms with E-state index in [1.165, 1.54) is 25.7 Å². The number of carbonyl (C=O) groups excluding carboxylic acids is 3. The van der Waals surface area contributed by atoms with Crippen LogP contribution in [0.3, 0.4) is 0 Å². The molecule has 12 nitrogen and oxygen atoms in total. The number of amides is 1.